The van der Waals surface area contributed by atoms with Crippen molar-refractivity contribution in [3.8, 4) is 0 Å². The number of sulfonamides is 1. The minimum Gasteiger partial charge on any atom is -0.349 e. The zero-order valence-corrected chi connectivity index (χ0v) is 14.6. The number of nitrogens with zero attached hydrogens (tertiary/aromatic N) is 1. The molecule has 1 aromatic rings. The molecule has 7 heteroatoms. The average molecular weight is 332 g/mol. The molecule has 0 saturated heterocycles. The summed E-state index contributed by atoms with van der Waals surface area (Å²) in [5.74, 6) is 0. The Bertz CT molecular complexity index is 577. The molecule has 0 radical (unpaired) electrons. The minimum absolute atomic E-state index is 0.132. The van der Waals surface area contributed by atoms with E-state index in [1.807, 2.05) is 24.7 Å². The molecular formula is C14H25N3O2S2. The molecule has 2 rings (SSSR count). The second-order valence-corrected chi connectivity index (χ2v) is 8.49. The standard InChI is InChI=1S/C14H25N3O2S2/c1-4-15-9-12-8-13(10-17(12)5-2)21(18,19)16-11-14(20-3)6-7-14/h8,10,15-16H,4-7,9,11H2,1-3H3. The molecule has 0 atom stereocenters. The quantitative estimate of drug-likeness (QED) is 0.724. The predicted octanol–water partition coefficient (Wildman–Crippen LogP) is 1.79. The lowest BCUT2D eigenvalue weighted by molar-refractivity contribution is 0.579. The van der Waals surface area contributed by atoms with Gasteiger partial charge in [-0.3, -0.25) is 0 Å². The summed E-state index contributed by atoms with van der Waals surface area (Å²) in [6.07, 6.45) is 5.97. The normalized spacial score (nSPS) is 17.1. The van der Waals surface area contributed by atoms with Crippen molar-refractivity contribution in [3.05, 3.63) is 18.0 Å². The number of aryl methyl sites for hydroxylation is 1. The van der Waals surface area contributed by atoms with Crippen molar-refractivity contribution in [2.24, 2.45) is 0 Å². The fraction of sp³-hybridized carbons (Fsp3) is 0.714. The number of rotatable bonds is 9. The summed E-state index contributed by atoms with van der Waals surface area (Å²) in [7, 11) is -3.41. The Labute approximate surface area is 131 Å². The van der Waals surface area contributed by atoms with Gasteiger partial charge in [-0.15, -0.1) is 0 Å². The van der Waals surface area contributed by atoms with E-state index in [-0.39, 0.29) is 4.75 Å². The van der Waals surface area contributed by atoms with Crippen molar-refractivity contribution in [1.82, 2.24) is 14.6 Å². The number of thioether (sulfide) groups is 1. The van der Waals surface area contributed by atoms with E-state index in [1.165, 1.54) is 0 Å². The monoisotopic (exact) mass is 331 g/mol. The number of hydrogen-bond donors (Lipinski definition) is 2. The lowest BCUT2D eigenvalue weighted by Crippen LogP contribution is -2.31. The molecule has 0 aliphatic heterocycles. The SMILES string of the molecule is CCNCc1cc(S(=O)(=O)NCC2(SC)CC2)cn1CC. The van der Waals surface area contributed by atoms with Crippen LogP contribution in [0.15, 0.2) is 17.2 Å². The van der Waals surface area contributed by atoms with Crippen molar-refractivity contribution in [3.63, 3.8) is 0 Å². The molecule has 0 aromatic carbocycles. The van der Waals surface area contributed by atoms with Gasteiger partial charge in [0.05, 0.1) is 4.90 Å². The first-order valence-electron chi connectivity index (χ1n) is 7.41. The fourth-order valence-electron chi connectivity index (χ4n) is 2.27. The van der Waals surface area contributed by atoms with E-state index in [0.717, 1.165) is 31.6 Å². The van der Waals surface area contributed by atoms with Gasteiger partial charge in [0.2, 0.25) is 10.0 Å². The van der Waals surface area contributed by atoms with Gasteiger partial charge < -0.3 is 9.88 Å². The molecule has 1 aromatic heterocycles. The Balaban J connectivity index is 2.10. The zero-order valence-electron chi connectivity index (χ0n) is 13.0. The van der Waals surface area contributed by atoms with Gasteiger partial charge in [-0.05, 0) is 38.6 Å². The molecule has 1 aliphatic carbocycles. The summed E-state index contributed by atoms with van der Waals surface area (Å²) in [5.41, 5.74) is 1.01. The van der Waals surface area contributed by atoms with Crippen LogP contribution in [0.5, 0.6) is 0 Å². The molecule has 0 bridgehead atoms. The van der Waals surface area contributed by atoms with Gasteiger partial charge in [-0.25, -0.2) is 13.1 Å². The molecule has 5 nitrogen and oxygen atoms in total. The van der Waals surface area contributed by atoms with Crippen molar-refractivity contribution < 1.29 is 8.42 Å². The van der Waals surface area contributed by atoms with Crippen molar-refractivity contribution in [2.45, 2.75) is 49.4 Å². The highest BCUT2D eigenvalue weighted by Crippen LogP contribution is 2.46. The molecule has 0 unspecified atom stereocenters. The summed E-state index contributed by atoms with van der Waals surface area (Å²) in [6, 6.07) is 1.77. The maximum Gasteiger partial charge on any atom is 0.242 e. The van der Waals surface area contributed by atoms with Gasteiger partial charge in [0.25, 0.3) is 0 Å². The second kappa shape index (κ2) is 6.73. The van der Waals surface area contributed by atoms with Crippen LogP contribution in [0.2, 0.25) is 0 Å². The highest BCUT2D eigenvalue weighted by Gasteiger charge is 2.42. The van der Waals surface area contributed by atoms with Gasteiger partial charge in [0.15, 0.2) is 0 Å². The van der Waals surface area contributed by atoms with Crippen LogP contribution in [0, 0.1) is 0 Å². The van der Waals surface area contributed by atoms with Crippen LogP contribution in [-0.4, -0.2) is 37.1 Å². The first-order chi connectivity index (χ1) is 9.96. The van der Waals surface area contributed by atoms with E-state index in [9.17, 15) is 8.42 Å². The first kappa shape index (κ1) is 16.9. The zero-order chi connectivity index (χ0) is 15.5. The van der Waals surface area contributed by atoms with E-state index in [0.29, 0.717) is 18.0 Å². The van der Waals surface area contributed by atoms with Crippen LogP contribution in [0.1, 0.15) is 32.4 Å². The van der Waals surface area contributed by atoms with E-state index in [2.05, 4.69) is 10.0 Å². The van der Waals surface area contributed by atoms with Crippen molar-refractivity contribution in [2.75, 3.05) is 19.3 Å². The molecule has 1 fully saturated rings. The van der Waals surface area contributed by atoms with Crippen LogP contribution in [0.3, 0.4) is 0 Å². The lowest BCUT2D eigenvalue weighted by Gasteiger charge is -2.12. The van der Waals surface area contributed by atoms with E-state index in [1.54, 1.807) is 24.0 Å². The molecule has 0 amide bonds. The average Bonchev–Trinajstić information content (AvgIpc) is 3.14. The second-order valence-electron chi connectivity index (χ2n) is 5.45. The molecule has 2 N–H and O–H groups in total. The van der Waals surface area contributed by atoms with E-state index >= 15 is 0 Å². The molecule has 1 aliphatic rings. The van der Waals surface area contributed by atoms with Crippen LogP contribution < -0.4 is 10.0 Å². The van der Waals surface area contributed by atoms with Gasteiger partial charge >= 0.3 is 0 Å². The summed E-state index contributed by atoms with van der Waals surface area (Å²) < 4.78 is 29.7. The summed E-state index contributed by atoms with van der Waals surface area (Å²) in [5, 5.41) is 3.24. The Morgan fingerprint density at radius 3 is 2.62 bits per heavy atom. The van der Waals surface area contributed by atoms with E-state index in [4.69, 9.17) is 0 Å². The highest BCUT2D eigenvalue weighted by atomic mass is 32.2. The number of aromatic nitrogens is 1. The third-order valence-corrected chi connectivity index (χ3v) is 6.78. The molecule has 1 heterocycles. The van der Waals surface area contributed by atoms with Crippen LogP contribution >= 0.6 is 11.8 Å². The van der Waals surface area contributed by atoms with Crippen molar-refractivity contribution in [1.29, 1.82) is 0 Å². The summed E-state index contributed by atoms with van der Waals surface area (Å²) >= 11 is 1.76. The predicted molar refractivity (Wildman–Crippen MR) is 88.2 cm³/mol. The summed E-state index contributed by atoms with van der Waals surface area (Å²) in [4.78, 5) is 0.370. The molecule has 120 valence electrons. The van der Waals surface area contributed by atoms with Crippen LogP contribution in [0.4, 0.5) is 0 Å². The van der Waals surface area contributed by atoms with Gasteiger partial charge in [0.1, 0.15) is 0 Å². The molecule has 21 heavy (non-hydrogen) atoms. The maximum absolute atomic E-state index is 12.4. The Morgan fingerprint density at radius 2 is 2.10 bits per heavy atom. The Kier molecular flexibility index (Phi) is 5.40. The smallest absolute Gasteiger partial charge is 0.242 e. The first-order valence-corrected chi connectivity index (χ1v) is 10.1. The summed E-state index contributed by atoms with van der Waals surface area (Å²) in [6.45, 7) is 6.91. The molecular weight excluding hydrogens is 306 g/mol. The number of hydrogen-bond acceptors (Lipinski definition) is 4. The molecule has 1 saturated carbocycles. The number of nitrogens with one attached hydrogen (secondary N) is 2. The highest BCUT2D eigenvalue weighted by molar-refractivity contribution is 8.00. The third kappa shape index (κ3) is 4.03. The molecule has 0 spiro atoms. The maximum atomic E-state index is 12.4. The largest absolute Gasteiger partial charge is 0.349 e. The lowest BCUT2D eigenvalue weighted by atomic mass is 10.4. The Morgan fingerprint density at radius 1 is 1.38 bits per heavy atom. The van der Waals surface area contributed by atoms with E-state index < -0.39 is 10.0 Å². The third-order valence-electron chi connectivity index (χ3n) is 3.99. The fourth-order valence-corrected chi connectivity index (χ4v) is 4.28. The van der Waals surface area contributed by atoms with Gasteiger partial charge in [-0.1, -0.05) is 6.92 Å². The van der Waals surface area contributed by atoms with Crippen molar-refractivity contribution >= 4 is 21.8 Å². The van der Waals surface area contributed by atoms with Gasteiger partial charge in [-0.2, -0.15) is 11.8 Å². The minimum atomic E-state index is -3.41. The Hall–Kier alpha value is -0.500. The topological polar surface area (TPSA) is 63.1 Å². The van der Waals surface area contributed by atoms with Crippen LogP contribution in [-0.2, 0) is 23.1 Å². The van der Waals surface area contributed by atoms with Gasteiger partial charge in [0, 0.05) is 36.3 Å². The van der Waals surface area contributed by atoms with Crippen LogP contribution in [0.25, 0.3) is 0 Å².